The van der Waals surface area contributed by atoms with Crippen LogP contribution in [0, 0.1) is 0 Å². The molecule has 0 aliphatic carbocycles. The molecule has 0 radical (unpaired) electrons. The van der Waals surface area contributed by atoms with Crippen LogP contribution in [0.25, 0.3) is 0 Å². The van der Waals surface area contributed by atoms with Crippen molar-refractivity contribution in [2.75, 3.05) is 13.1 Å². The quantitative estimate of drug-likeness (QED) is 0.384. The molecule has 0 bridgehead atoms. The zero-order valence-corrected chi connectivity index (χ0v) is 14.1. The van der Waals surface area contributed by atoms with Crippen molar-refractivity contribution in [1.29, 1.82) is 0 Å². The molecule has 2 heterocycles. The first-order valence-corrected chi connectivity index (χ1v) is 8.51. The van der Waals surface area contributed by atoms with Gasteiger partial charge in [-0.3, -0.25) is 0 Å². The van der Waals surface area contributed by atoms with Crippen LogP contribution in [0.2, 0.25) is 5.02 Å². The number of oxime groups is 1. The second-order valence-electron chi connectivity index (χ2n) is 5.76. The number of hydrogen-bond acceptors (Lipinski definition) is 4. The number of likely N-dealkylation sites (tertiary alicyclic amines) is 1. The summed E-state index contributed by atoms with van der Waals surface area (Å²) in [5, 5.41) is 13.7. The van der Waals surface area contributed by atoms with E-state index in [-0.39, 0.29) is 0 Å². The van der Waals surface area contributed by atoms with Crippen molar-refractivity contribution in [3.05, 3.63) is 53.2 Å². The van der Waals surface area contributed by atoms with Crippen LogP contribution in [0.15, 0.2) is 47.8 Å². The van der Waals surface area contributed by atoms with Gasteiger partial charge < -0.3 is 14.8 Å². The number of pyridine rings is 1. The second-order valence-corrected chi connectivity index (χ2v) is 6.20. The summed E-state index contributed by atoms with van der Waals surface area (Å²) in [4.78, 5) is 6.35. The first kappa shape index (κ1) is 16.6. The minimum atomic E-state index is 0.450. The molecule has 6 heteroatoms. The Morgan fingerprint density at radius 3 is 2.46 bits per heavy atom. The van der Waals surface area contributed by atoms with E-state index in [9.17, 15) is 5.21 Å². The molecule has 2 aromatic rings. The average molecular weight is 346 g/mol. The van der Waals surface area contributed by atoms with Gasteiger partial charge in [0.1, 0.15) is 5.75 Å². The van der Waals surface area contributed by atoms with Crippen molar-refractivity contribution >= 4 is 17.4 Å². The molecule has 0 unspecified atom stereocenters. The van der Waals surface area contributed by atoms with E-state index in [2.05, 4.69) is 15.0 Å². The third-order valence-electron chi connectivity index (χ3n) is 4.03. The molecule has 1 fully saturated rings. The van der Waals surface area contributed by atoms with Gasteiger partial charge in [0, 0.05) is 35.9 Å². The second kappa shape index (κ2) is 8.02. The lowest BCUT2D eigenvalue weighted by Crippen LogP contribution is -2.32. The van der Waals surface area contributed by atoms with Crippen molar-refractivity contribution in [1.82, 2.24) is 9.88 Å². The molecule has 5 nitrogen and oxygen atoms in total. The Morgan fingerprint density at radius 2 is 1.79 bits per heavy atom. The van der Waals surface area contributed by atoms with Gasteiger partial charge in [-0.15, -0.1) is 0 Å². The van der Waals surface area contributed by atoms with Crippen molar-refractivity contribution in [2.45, 2.75) is 25.7 Å². The van der Waals surface area contributed by atoms with Gasteiger partial charge in [0.15, 0.2) is 5.84 Å². The molecule has 126 valence electrons. The SMILES string of the molecule is O/N=C(/c1ccnc(Oc2ccc(Cl)cc2)c1)N1CCCCCC1. The summed E-state index contributed by atoms with van der Waals surface area (Å²) in [7, 11) is 0. The fraction of sp³-hybridized carbons (Fsp3) is 0.333. The van der Waals surface area contributed by atoms with Gasteiger partial charge in [0.2, 0.25) is 5.88 Å². The highest BCUT2D eigenvalue weighted by Crippen LogP contribution is 2.23. The van der Waals surface area contributed by atoms with Gasteiger partial charge in [-0.25, -0.2) is 4.98 Å². The number of ether oxygens (including phenoxy) is 1. The molecule has 24 heavy (non-hydrogen) atoms. The Hall–Kier alpha value is -2.27. The van der Waals surface area contributed by atoms with Gasteiger partial charge in [0.25, 0.3) is 0 Å². The molecule has 0 spiro atoms. The first-order chi connectivity index (χ1) is 11.8. The van der Waals surface area contributed by atoms with E-state index in [0.29, 0.717) is 22.5 Å². The number of halogens is 1. The summed E-state index contributed by atoms with van der Waals surface area (Å²) in [5.41, 5.74) is 0.790. The van der Waals surface area contributed by atoms with Gasteiger partial charge in [0.05, 0.1) is 0 Å². The highest BCUT2D eigenvalue weighted by molar-refractivity contribution is 6.30. The maximum absolute atomic E-state index is 9.51. The fourth-order valence-corrected chi connectivity index (χ4v) is 2.94. The van der Waals surface area contributed by atoms with Crippen molar-refractivity contribution < 1.29 is 9.94 Å². The summed E-state index contributed by atoms with van der Waals surface area (Å²) < 4.78 is 5.76. The average Bonchev–Trinajstić information content (AvgIpc) is 2.88. The zero-order chi connectivity index (χ0) is 16.8. The summed E-state index contributed by atoms with van der Waals surface area (Å²) in [6.07, 6.45) is 6.31. The van der Waals surface area contributed by atoms with Gasteiger partial charge >= 0.3 is 0 Å². The molecule has 1 saturated heterocycles. The van der Waals surface area contributed by atoms with Crippen molar-refractivity contribution in [3.63, 3.8) is 0 Å². The molecular weight excluding hydrogens is 326 g/mol. The maximum Gasteiger partial charge on any atom is 0.219 e. The minimum Gasteiger partial charge on any atom is -0.439 e. The number of aromatic nitrogens is 1. The largest absolute Gasteiger partial charge is 0.439 e. The summed E-state index contributed by atoms with van der Waals surface area (Å²) in [5.74, 6) is 1.67. The Bertz CT molecular complexity index is 696. The maximum atomic E-state index is 9.51. The van der Waals surface area contributed by atoms with E-state index in [0.717, 1.165) is 31.5 Å². The minimum absolute atomic E-state index is 0.450. The van der Waals surface area contributed by atoms with Crippen LogP contribution < -0.4 is 4.74 Å². The summed E-state index contributed by atoms with van der Waals surface area (Å²) in [6.45, 7) is 1.80. The third kappa shape index (κ3) is 4.17. The summed E-state index contributed by atoms with van der Waals surface area (Å²) in [6, 6.07) is 10.7. The zero-order valence-electron chi connectivity index (χ0n) is 13.4. The van der Waals surface area contributed by atoms with Crippen LogP contribution in [-0.2, 0) is 0 Å². The fourth-order valence-electron chi connectivity index (χ4n) is 2.81. The monoisotopic (exact) mass is 345 g/mol. The lowest BCUT2D eigenvalue weighted by Gasteiger charge is -2.23. The van der Waals surface area contributed by atoms with Gasteiger partial charge in [-0.1, -0.05) is 29.6 Å². The standard InChI is InChI=1S/C18H20ClN3O2/c19-15-5-7-16(8-6-15)24-17-13-14(9-10-20-17)18(21-23)22-11-3-1-2-4-12-22/h5-10,13,23H,1-4,11-12H2/b21-18-. The van der Waals surface area contributed by atoms with E-state index >= 15 is 0 Å². The van der Waals surface area contributed by atoms with E-state index in [4.69, 9.17) is 16.3 Å². The van der Waals surface area contributed by atoms with E-state index in [1.54, 1.807) is 36.5 Å². The van der Waals surface area contributed by atoms with Crippen LogP contribution in [0.5, 0.6) is 11.6 Å². The molecule has 0 atom stereocenters. The summed E-state index contributed by atoms with van der Waals surface area (Å²) >= 11 is 5.88. The Labute approximate surface area is 146 Å². The number of hydrogen-bond donors (Lipinski definition) is 1. The molecule has 0 saturated carbocycles. The third-order valence-corrected chi connectivity index (χ3v) is 4.28. The van der Waals surface area contributed by atoms with Gasteiger partial charge in [-0.05, 0) is 43.2 Å². The highest BCUT2D eigenvalue weighted by atomic mass is 35.5. The number of benzene rings is 1. The molecule has 1 N–H and O–H groups in total. The lowest BCUT2D eigenvalue weighted by atomic mass is 10.2. The number of amidine groups is 1. The van der Waals surface area contributed by atoms with Crippen LogP contribution in [0.3, 0.4) is 0 Å². The number of nitrogens with zero attached hydrogens (tertiary/aromatic N) is 3. The Kier molecular flexibility index (Phi) is 5.54. The van der Waals surface area contributed by atoms with Crippen molar-refractivity contribution in [3.8, 4) is 11.6 Å². The molecule has 1 aliphatic heterocycles. The molecule has 1 aliphatic rings. The van der Waals surface area contributed by atoms with Crippen LogP contribution in [0.4, 0.5) is 0 Å². The lowest BCUT2D eigenvalue weighted by molar-refractivity contribution is 0.301. The Balaban J connectivity index is 1.79. The Morgan fingerprint density at radius 1 is 1.08 bits per heavy atom. The molecule has 3 rings (SSSR count). The normalized spacial score (nSPS) is 15.9. The molecular formula is C18H20ClN3O2. The van der Waals surface area contributed by atoms with E-state index < -0.39 is 0 Å². The molecule has 0 amide bonds. The predicted octanol–water partition coefficient (Wildman–Crippen LogP) is 4.54. The van der Waals surface area contributed by atoms with E-state index in [1.165, 1.54) is 12.8 Å². The molecule has 1 aromatic heterocycles. The van der Waals surface area contributed by atoms with Crippen molar-refractivity contribution in [2.24, 2.45) is 5.16 Å². The van der Waals surface area contributed by atoms with Crippen LogP contribution in [-0.4, -0.2) is 34.0 Å². The topological polar surface area (TPSA) is 58.0 Å². The number of rotatable bonds is 3. The van der Waals surface area contributed by atoms with Gasteiger partial charge in [-0.2, -0.15) is 0 Å². The first-order valence-electron chi connectivity index (χ1n) is 8.13. The smallest absolute Gasteiger partial charge is 0.219 e. The van der Waals surface area contributed by atoms with Crippen LogP contribution in [0.1, 0.15) is 31.2 Å². The predicted molar refractivity (Wildman–Crippen MR) is 94.1 cm³/mol. The van der Waals surface area contributed by atoms with E-state index in [1.807, 2.05) is 6.07 Å². The molecule has 1 aromatic carbocycles. The van der Waals surface area contributed by atoms with Crippen LogP contribution >= 0.6 is 11.6 Å². The highest BCUT2D eigenvalue weighted by Gasteiger charge is 2.17.